The van der Waals surface area contributed by atoms with E-state index in [0.29, 0.717) is 17.8 Å². The molecule has 27 heavy (non-hydrogen) atoms. The summed E-state index contributed by atoms with van der Waals surface area (Å²) in [5, 5.41) is 2.03. The minimum absolute atomic E-state index is 0.113. The third kappa shape index (κ3) is 3.51. The van der Waals surface area contributed by atoms with Gasteiger partial charge in [-0.05, 0) is 29.1 Å². The van der Waals surface area contributed by atoms with Crippen LogP contribution >= 0.6 is 11.3 Å². The van der Waals surface area contributed by atoms with Crippen molar-refractivity contribution in [3.05, 3.63) is 94.7 Å². The van der Waals surface area contributed by atoms with Gasteiger partial charge in [0.25, 0.3) is 5.91 Å². The number of halogens is 1. The second-order valence-corrected chi connectivity index (χ2v) is 7.47. The Bertz CT molecular complexity index is 1080. The first-order valence-electron chi connectivity index (χ1n) is 8.73. The molecule has 1 amide bonds. The van der Waals surface area contributed by atoms with Crippen LogP contribution in [0, 0.1) is 5.82 Å². The van der Waals surface area contributed by atoms with Gasteiger partial charge in [0.15, 0.2) is 0 Å². The molecule has 0 atom stereocenters. The molecule has 4 rings (SSSR count). The van der Waals surface area contributed by atoms with Crippen LogP contribution in [0.1, 0.15) is 21.6 Å². The molecule has 5 heteroatoms. The van der Waals surface area contributed by atoms with Crippen LogP contribution in [0.4, 0.5) is 4.39 Å². The summed E-state index contributed by atoms with van der Waals surface area (Å²) in [6, 6.07) is 20.6. The largest absolute Gasteiger partial charge is 0.336 e. The second kappa shape index (κ2) is 7.37. The smallest absolute Gasteiger partial charge is 0.270 e. The predicted octanol–water partition coefficient (Wildman–Crippen LogP) is 5.16. The van der Waals surface area contributed by atoms with Crippen molar-refractivity contribution in [2.45, 2.75) is 13.1 Å². The van der Waals surface area contributed by atoms with Crippen LogP contribution in [0.2, 0.25) is 0 Å². The normalized spacial score (nSPS) is 11.0. The third-order valence-corrected chi connectivity index (χ3v) is 5.49. The Morgan fingerprint density at radius 3 is 2.59 bits per heavy atom. The Hall–Kier alpha value is -2.92. The summed E-state index contributed by atoms with van der Waals surface area (Å²) < 4.78 is 17.1. The van der Waals surface area contributed by atoms with Crippen LogP contribution in [0.5, 0.6) is 0 Å². The molecule has 136 valence electrons. The molecule has 3 nitrogen and oxygen atoms in total. The van der Waals surface area contributed by atoms with Gasteiger partial charge in [-0.15, -0.1) is 11.3 Å². The van der Waals surface area contributed by atoms with Crippen molar-refractivity contribution in [2.24, 2.45) is 0 Å². The lowest BCUT2D eigenvalue weighted by molar-refractivity contribution is 0.0774. The van der Waals surface area contributed by atoms with E-state index < -0.39 is 0 Å². The van der Waals surface area contributed by atoms with Gasteiger partial charge in [-0.2, -0.15) is 0 Å². The Kier molecular flexibility index (Phi) is 4.77. The molecule has 0 aliphatic heterocycles. The van der Waals surface area contributed by atoms with Gasteiger partial charge >= 0.3 is 0 Å². The maximum Gasteiger partial charge on any atom is 0.270 e. The minimum atomic E-state index is -0.294. The van der Waals surface area contributed by atoms with Crippen LogP contribution in [0.3, 0.4) is 0 Å². The van der Waals surface area contributed by atoms with Crippen LogP contribution < -0.4 is 0 Å². The fourth-order valence-electron chi connectivity index (χ4n) is 3.24. The molecule has 4 aromatic rings. The van der Waals surface area contributed by atoms with Crippen LogP contribution in [-0.4, -0.2) is 22.4 Å². The van der Waals surface area contributed by atoms with E-state index in [-0.39, 0.29) is 18.3 Å². The molecule has 0 aliphatic rings. The Balaban J connectivity index is 1.66. The summed E-state index contributed by atoms with van der Waals surface area (Å²) in [5.74, 6) is -0.407. The third-order valence-electron chi connectivity index (χ3n) is 4.64. The first-order valence-corrected chi connectivity index (χ1v) is 9.61. The molecule has 0 saturated carbocycles. The Morgan fingerprint density at radius 2 is 1.81 bits per heavy atom. The van der Waals surface area contributed by atoms with E-state index >= 15 is 0 Å². The summed E-state index contributed by atoms with van der Waals surface area (Å²) in [5.41, 5.74) is 3.31. The number of rotatable bonds is 5. The first kappa shape index (κ1) is 17.5. The van der Waals surface area contributed by atoms with E-state index in [0.717, 1.165) is 15.8 Å². The highest BCUT2D eigenvalue weighted by Gasteiger charge is 2.20. The molecule has 0 N–H and O–H groups in total. The standard InChI is InChI=1S/C22H19FN2OS/c1-24(15-17-9-5-6-10-18(17)23)22(26)20-13-21-19(11-12-27-21)25(20)14-16-7-3-2-4-8-16/h2-13H,14-15H2,1H3. The number of carbonyl (C=O) groups is 1. The van der Waals surface area contributed by atoms with E-state index in [4.69, 9.17) is 0 Å². The van der Waals surface area contributed by atoms with E-state index in [9.17, 15) is 9.18 Å². The number of benzene rings is 2. The van der Waals surface area contributed by atoms with Crippen molar-refractivity contribution < 1.29 is 9.18 Å². The molecule has 0 spiro atoms. The van der Waals surface area contributed by atoms with Crippen molar-refractivity contribution in [1.82, 2.24) is 9.47 Å². The van der Waals surface area contributed by atoms with Crippen LogP contribution in [0.25, 0.3) is 10.2 Å². The quantitative estimate of drug-likeness (QED) is 0.471. The number of carbonyl (C=O) groups excluding carboxylic acids is 1. The minimum Gasteiger partial charge on any atom is -0.336 e. The van der Waals surface area contributed by atoms with Crippen molar-refractivity contribution in [3.8, 4) is 0 Å². The second-order valence-electron chi connectivity index (χ2n) is 6.52. The number of thiophene rings is 1. The highest BCUT2D eigenvalue weighted by atomic mass is 32.1. The zero-order chi connectivity index (χ0) is 18.8. The highest BCUT2D eigenvalue weighted by molar-refractivity contribution is 7.17. The maximum atomic E-state index is 14.0. The highest BCUT2D eigenvalue weighted by Crippen LogP contribution is 2.27. The molecule has 0 aliphatic carbocycles. The topological polar surface area (TPSA) is 25.2 Å². The maximum absolute atomic E-state index is 14.0. The van der Waals surface area contributed by atoms with Gasteiger partial charge in [-0.3, -0.25) is 4.79 Å². The molecule has 2 aromatic heterocycles. The SMILES string of the molecule is CN(Cc1ccccc1F)C(=O)c1cc2sccc2n1Cc1ccccc1. The average molecular weight is 378 g/mol. The molecule has 0 unspecified atom stereocenters. The van der Waals surface area contributed by atoms with Gasteiger partial charge in [0.1, 0.15) is 11.5 Å². The van der Waals surface area contributed by atoms with Gasteiger partial charge in [0.2, 0.25) is 0 Å². The molecule has 0 radical (unpaired) electrons. The lowest BCUT2D eigenvalue weighted by atomic mass is 10.2. The first-order chi connectivity index (χ1) is 13.1. The molecular formula is C22H19FN2OS. The number of fused-ring (bicyclic) bond motifs is 1. The summed E-state index contributed by atoms with van der Waals surface area (Å²) in [6.45, 7) is 0.853. The zero-order valence-corrected chi connectivity index (χ0v) is 15.7. The van der Waals surface area contributed by atoms with Gasteiger partial charge in [-0.1, -0.05) is 48.5 Å². The van der Waals surface area contributed by atoms with Crippen molar-refractivity contribution in [2.75, 3.05) is 7.05 Å². The lowest BCUT2D eigenvalue weighted by Gasteiger charge is -2.19. The number of amides is 1. The summed E-state index contributed by atoms with van der Waals surface area (Å²) in [4.78, 5) is 14.7. The van der Waals surface area contributed by atoms with E-state index in [1.807, 2.05) is 40.3 Å². The Morgan fingerprint density at radius 1 is 1.07 bits per heavy atom. The van der Waals surface area contributed by atoms with Gasteiger partial charge < -0.3 is 9.47 Å². The van der Waals surface area contributed by atoms with E-state index in [1.165, 1.54) is 6.07 Å². The lowest BCUT2D eigenvalue weighted by Crippen LogP contribution is -2.28. The van der Waals surface area contributed by atoms with Gasteiger partial charge in [0, 0.05) is 25.7 Å². The summed E-state index contributed by atoms with van der Waals surface area (Å²) >= 11 is 1.62. The molecule has 2 heterocycles. The summed E-state index contributed by atoms with van der Waals surface area (Å²) in [6.07, 6.45) is 0. The van der Waals surface area contributed by atoms with Crippen molar-refractivity contribution in [3.63, 3.8) is 0 Å². The molecule has 0 saturated heterocycles. The zero-order valence-electron chi connectivity index (χ0n) is 14.9. The number of nitrogens with zero attached hydrogens (tertiary/aromatic N) is 2. The Labute approximate surface area is 161 Å². The van der Waals surface area contributed by atoms with E-state index in [1.54, 1.807) is 41.5 Å². The molecular weight excluding hydrogens is 359 g/mol. The van der Waals surface area contributed by atoms with E-state index in [2.05, 4.69) is 12.1 Å². The molecule has 2 aromatic carbocycles. The number of hydrogen-bond donors (Lipinski definition) is 0. The fourth-order valence-corrected chi connectivity index (χ4v) is 4.06. The molecule has 0 bridgehead atoms. The van der Waals surface area contributed by atoms with Gasteiger partial charge in [0.05, 0.1) is 10.2 Å². The van der Waals surface area contributed by atoms with Crippen LogP contribution in [0.15, 0.2) is 72.1 Å². The number of aromatic nitrogens is 1. The average Bonchev–Trinajstić information content (AvgIpc) is 3.26. The van der Waals surface area contributed by atoms with Crippen molar-refractivity contribution in [1.29, 1.82) is 0 Å². The molecule has 0 fully saturated rings. The fraction of sp³-hybridized carbons (Fsp3) is 0.136. The van der Waals surface area contributed by atoms with Gasteiger partial charge in [-0.25, -0.2) is 4.39 Å². The monoisotopic (exact) mass is 378 g/mol. The van der Waals surface area contributed by atoms with Crippen molar-refractivity contribution >= 4 is 27.5 Å². The number of hydrogen-bond acceptors (Lipinski definition) is 2. The van der Waals surface area contributed by atoms with Crippen LogP contribution in [-0.2, 0) is 13.1 Å². The summed E-state index contributed by atoms with van der Waals surface area (Å²) in [7, 11) is 1.71. The predicted molar refractivity (Wildman–Crippen MR) is 108 cm³/mol.